The molecule has 0 saturated heterocycles. The Morgan fingerprint density at radius 1 is 1.10 bits per heavy atom. The summed E-state index contributed by atoms with van der Waals surface area (Å²) in [4.78, 5) is 33.4. The van der Waals surface area contributed by atoms with Crippen LogP contribution in [-0.4, -0.2) is 56.7 Å². The highest BCUT2D eigenvalue weighted by atomic mass is 32.2. The van der Waals surface area contributed by atoms with E-state index in [0.29, 0.717) is 0 Å². The summed E-state index contributed by atoms with van der Waals surface area (Å²) in [6.07, 6.45) is 1.21. The number of hydrogen-bond acceptors (Lipinski definition) is 5. The van der Waals surface area contributed by atoms with Crippen molar-refractivity contribution in [3.63, 3.8) is 0 Å². The molecule has 122 valence electrons. The van der Waals surface area contributed by atoms with E-state index in [-0.39, 0.29) is 12.3 Å². The van der Waals surface area contributed by atoms with Gasteiger partial charge in [0.15, 0.2) is 0 Å². The molecule has 4 N–H and O–H groups in total. The number of carboxylic acids is 1. The number of carbonyl (C=O) groups excluding carboxylic acids is 2. The van der Waals surface area contributed by atoms with E-state index in [0.717, 1.165) is 6.26 Å². The van der Waals surface area contributed by atoms with Crippen molar-refractivity contribution in [3.05, 3.63) is 0 Å². The topological polar surface area (TPSA) is 142 Å². The minimum atomic E-state index is -3.56. The average molecular weight is 323 g/mol. The fourth-order valence-electron chi connectivity index (χ4n) is 1.47. The Labute approximate surface area is 123 Å². The van der Waals surface area contributed by atoms with Crippen molar-refractivity contribution in [2.24, 2.45) is 5.92 Å². The van der Waals surface area contributed by atoms with E-state index in [9.17, 15) is 22.8 Å². The third-order valence-electron chi connectivity index (χ3n) is 2.24. The highest BCUT2D eigenvalue weighted by Gasteiger charge is 2.23. The summed E-state index contributed by atoms with van der Waals surface area (Å²) in [6, 6.07) is -0.979. The third-order valence-corrected chi connectivity index (χ3v) is 2.95. The Hall–Kier alpha value is -1.68. The monoisotopic (exact) mass is 323 g/mol. The summed E-state index contributed by atoms with van der Waals surface area (Å²) < 4.78 is 24.6. The lowest BCUT2D eigenvalue weighted by molar-refractivity contribution is -0.137. The molecule has 0 heterocycles. The zero-order chi connectivity index (χ0) is 16.6. The van der Waals surface area contributed by atoms with Gasteiger partial charge in [0, 0.05) is 0 Å². The first-order valence-electron chi connectivity index (χ1n) is 6.24. The third kappa shape index (κ3) is 10.7. The zero-order valence-electron chi connectivity index (χ0n) is 12.2. The van der Waals surface area contributed by atoms with Gasteiger partial charge >= 0.3 is 5.97 Å². The molecule has 0 radical (unpaired) electrons. The first-order chi connectivity index (χ1) is 9.51. The maximum atomic E-state index is 11.9. The molecule has 0 aromatic rings. The van der Waals surface area contributed by atoms with Gasteiger partial charge in [-0.15, -0.1) is 0 Å². The smallest absolute Gasteiger partial charge is 0.322 e. The van der Waals surface area contributed by atoms with Crippen molar-refractivity contribution in [2.45, 2.75) is 26.3 Å². The molecule has 1 atom stereocenters. The summed E-state index contributed by atoms with van der Waals surface area (Å²) in [5, 5.41) is 12.7. The van der Waals surface area contributed by atoms with Crippen LogP contribution in [0.15, 0.2) is 0 Å². The van der Waals surface area contributed by atoms with Gasteiger partial charge in [-0.2, -0.15) is 0 Å². The van der Waals surface area contributed by atoms with Gasteiger partial charge in [-0.25, -0.2) is 13.1 Å². The molecule has 21 heavy (non-hydrogen) atoms. The minimum absolute atomic E-state index is 0.0656. The van der Waals surface area contributed by atoms with E-state index >= 15 is 0 Å². The Bertz CT molecular complexity index is 488. The summed E-state index contributed by atoms with van der Waals surface area (Å²) in [6.45, 7) is 2.67. The lowest BCUT2D eigenvalue weighted by Gasteiger charge is -2.18. The summed E-state index contributed by atoms with van der Waals surface area (Å²) in [5.74, 6) is -2.45. The molecule has 0 bridgehead atoms. The number of amides is 2. The molecule has 0 aliphatic rings. The molecule has 0 aromatic carbocycles. The predicted octanol–water partition coefficient (Wildman–Crippen LogP) is -1.73. The standard InChI is InChI=1S/C11H21N3O6S/c1-7(2)4-8(14-21(3,19)20)11(18)13-5-9(15)12-6-10(16)17/h7-8,14H,4-6H2,1-3H3,(H,12,15)(H,13,18)(H,16,17). The molecule has 0 aliphatic heterocycles. The van der Waals surface area contributed by atoms with Gasteiger partial charge in [0.05, 0.1) is 12.8 Å². The van der Waals surface area contributed by atoms with E-state index in [1.807, 2.05) is 13.8 Å². The predicted molar refractivity (Wildman–Crippen MR) is 74.9 cm³/mol. The first kappa shape index (κ1) is 19.3. The van der Waals surface area contributed by atoms with Crippen LogP contribution in [0.3, 0.4) is 0 Å². The van der Waals surface area contributed by atoms with Gasteiger partial charge in [0.1, 0.15) is 12.6 Å². The molecule has 10 heteroatoms. The van der Waals surface area contributed by atoms with Crippen LogP contribution in [-0.2, 0) is 24.4 Å². The Kier molecular flexibility index (Phi) is 7.89. The molecule has 0 spiro atoms. The number of rotatable bonds is 9. The molecule has 0 fully saturated rings. The highest BCUT2D eigenvalue weighted by Crippen LogP contribution is 2.05. The fraction of sp³-hybridized carbons (Fsp3) is 0.727. The van der Waals surface area contributed by atoms with Crippen molar-refractivity contribution in [2.75, 3.05) is 19.3 Å². The largest absolute Gasteiger partial charge is 0.480 e. The molecule has 0 aromatic heterocycles. The van der Waals surface area contributed by atoms with E-state index in [1.165, 1.54) is 0 Å². The lowest BCUT2D eigenvalue weighted by Crippen LogP contribution is -2.49. The second-order valence-corrected chi connectivity index (χ2v) is 6.74. The maximum Gasteiger partial charge on any atom is 0.322 e. The fourth-order valence-corrected chi connectivity index (χ4v) is 2.19. The van der Waals surface area contributed by atoms with Crippen molar-refractivity contribution >= 4 is 27.8 Å². The number of carbonyl (C=O) groups is 3. The van der Waals surface area contributed by atoms with Crippen LogP contribution >= 0.6 is 0 Å². The summed E-state index contributed by atoms with van der Waals surface area (Å²) in [7, 11) is -3.56. The molecular weight excluding hydrogens is 302 g/mol. The average Bonchev–Trinajstić information content (AvgIpc) is 2.30. The molecular formula is C11H21N3O6S. The van der Waals surface area contributed by atoms with Crippen LogP contribution in [0.4, 0.5) is 0 Å². The van der Waals surface area contributed by atoms with Crippen LogP contribution < -0.4 is 15.4 Å². The molecule has 0 saturated carbocycles. The van der Waals surface area contributed by atoms with Crippen LogP contribution in [0.25, 0.3) is 0 Å². The highest BCUT2D eigenvalue weighted by molar-refractivity contribution is 7.88. The van der Waals surface area contributed by atoms with Crippen LogP contribution in [0, 0.1) is 5.92 Å². The minimum Gasteiger partial charge on any atom is -0.480 e. The van der Waals surface area contributed by atoms with E-state index < -0.39 is 46.9 Å². The lowest BCUT2D eigenvalue weighted by atomic mass is 10.0. The van der Waals surface area contributed by atoms with Gasteiger partial charge in [0.25, 0.3) is 0 Å². The second kappa shape index (κ2) is 8.57. The second-order valence-electron chi connectivity index (χ2n) is 4.96. The van der Waals surface area contributed by atoms with Gasteiger partial charge in [-0.3, -0.25) is 14.4 Å². The van der Waals surface area contributed by atoms with Crippen molar-refractivity contribution in [3.8, 4) is 0 Å². The Morgan fingerprint density at radius 3 is 2.10 bits per heavy atom. The van der Waals surface area contributed by atoms with Crippen LogP contribution in [0.5, 0.6) is 0 Å². The Balaban J connectivity index is 4.47. The van der Waals surface area contributed by atoms with Gasteiger partial charge in [-0.1, -0.05) is 13.8 Å². The van der Waals surface area contributed by atoms with E-state index in [4.69, 9.17) is 5.11 Å². The van der Waals surface area contributed by atoms with Crippen LogP contribution in [0.2, 0.25) is 0 Å². The number of aliphatic carboxylic acids is 1. The number of nitrogens with one attached hydrogen (secondary N) is 3. The summed E-state index contributed by atoms with van der Waals surface area (Å²) in [5.41, 5.74) is 0. The van der Waals surface area contributed by atoms with Crippen molar-refractivity contribution in [1.29, 1.82) is 0 Å². The van der Waals surface area contributed by atoms with E-state index in [1.54, 1.807) is 0 Å². The van der Waals surface area contributed by atoms with E-state index in [2.05, 4.69) is 15.4 Å². The quantitative estimate of drug-likeness (QED) is 0.397. The SMILES string of the molecule is CC(C)CC(NS(C)(=O)=O)C(=O)NCC(=O)NCC(=O)O. The summed E-state index contributed by atoms with van der Waals surface area (Å²) >= 11 is 0. The molecule has 0 aliphatic carbocycles. The molecule has 1 unspecified atom stereocenters. The van der Waals surface area contributed by atoms with Crippen LogP contribution in [0.1, 0.15) is 20.3 Å². The number of sulfonamides is 1. The van der Waals surface area contributed by atoms with Gasteiger partial charge in [0.2, 0.25) is 21.8 Å². The van der Waals surface area contributed by atoms with Gasteiger partial charge in [-0.05, 0) is 12.3 Å². The number of carboxylic acid groups (broad SMARTS) is 1. The van der Waals surface area contributed by atoms with Gasteiger partial charge < -0.3 is 15.7 Å². The number of hydrogen-bond donors (Lipinski definition) is 4. The normalized spacial score (nSPS) is 12.8. The van der Waals surface area contributed by atoms with Crippen molar-refractivity contribution < 1.29 is 27.9 Å². The first-order valence-corrected chi connectivity index (χ1v) is 8.14. The molecule has 9 nitrogen and oxygen atoms in total. The molecule has 0 rings (SSSR count). The zero-order valence-corrected chi connectivity index (χ0v) is 13.0. The Morgan fingerprint density at radius 2 is 1.67 bits per heavy atom. The maximum absolute atomic E-state index is 11.9. The molecule has 2 amide bonds. The van der Waals surface area contributed by atoms with Crippen molar-refractivity contribution in [1.82, 2.24) is 15.4 Å².